The third-order valence-electron chi connectivity index (χ3n) is 5.02. The summed E-state index contributed by atoms with van der Waals surface area (Å²) in [6.45, 7) is 4.33. The minimum atomic E-state index is -0.0625. The maximum absolute atomic E-state index is 6.25. The summed E-state index contributed by atoms with van der Waals surface area (Å²) >= 11 is 0. The van der Waals surface area contributed by atoms with Gasteiger partial charge in [0.15, 0.2) is 17.7 Å². The van der Waals surface area contributed by atoms with Crippen LogP contribution in [0, 0.1) is 5.92 Å². The molecule has 2 aliphatic heterocycles. The van der Waals surface area contributed by atoms with Crippen molar-refractivity contribution in [1.29, 1.82) is 0 Å². The summed E-state index contributed by atoms with van der Waals surface area (Å²) in [4.78, 5) is 0. The fraction of sp³-hybridized carbons (Fsp3) is 0.381. The van der Waals surface area contributed by atoms with E-state index in [1.54, 1.807) is 14.2 Å². The number of ether oxygens (including phenoxy) is 3. The molecule has 26 heavy (non-hydrogen) atoms. The molecule has 2 aromatic rings. The maximum atomic E-state index is 6.25. The van der Waals surface area contributed by atoms with E-state index in [1.165, 1.54) is 5.56 Å². The number of nitrogens with zero attached hydrogens (tertiary/aromatic N) is 2. The summed E-state index contributed by atoms with van der Waals surface area (Å²) < 4.78 is 17.0. The molecule has 0 saturated carbocycles. The maximum Gasteiger partial charge on any atom is 0.190 e. The highest BCUT2D eigenvalue weighted by molar-refractivity contribution is 6.02. The molecule has 0 spiro atoms. The van der Waals surface area contributed by atoms with Gasteiger partial charge in [-0.05, 0) is 24.3 Å². The van der Waals surface area contributed by atoms with Gasteiger partial charge >= 0.3 is 0 Å². The molecule has 0 N–H and O–H groups in total. The zero-order valence-electron chi connectivity index (χ0n) is 15.6. The van der Waals surface area contributed by atoms with E-state index in [4.69, 9.17) is 19.3 Å². The molecule has 0 unspecified atom stereocenters. The van der Waals surface area contributed by atoms with E-state index in [2.05, 4.69) is 37.1 Å². The van der Waals surface area contributed by atoms with E-state index in [0.29, 0.717) is 5.92 Å². The van der Waals surface area contributed by atoms with Crippen molar-refractivity contribution in [2.75, 3.05) is 14.2 Å². The van der Waals surface area contributed by atoms with Crippen LogP contribution in [0.5, 0.6) is 17.2 Å². The van der Waals surface area contributed by atoms with Gasteiger partial charge in [0.25, 0.3) is 0 Å². The molecule has 5 heteroatoms. The topological polar surface area (TPSA) is 43.3 Å². The normalized spacial score (nSPS) is 21.0. The van der Waals surface area contributed by atoms with Crippen molar-refractivity contribution in [3.8, 4) is 17.2 Å². The summed E-state index contributed by atoms with van der Waals surface area (Å²) in [6, 6.07) is 14.4. The summed E-state index contributed by atoms with van der Waals surface area (Å²) in [5, 5.41) is 7.07. The Hall–Kier alpha value is -2.69. The molecule has 0 aromatic heterocycles. The van der Waals surface area contributed by atoms with E-state index >= 15 is 0 Å². The first-order chi connectivity index (χ1) is 12.6. The Morgan fingerprint density at radius 3 is 2.58 bits per heavy atom. The first-order valence-electron chi connectivity index (χ1n) is 8.96. The predicted molar refractivity (Wildman–Crippen MR) is 101 cm³/mol. The summed E-state index contributed by atoms with van der Waals surface area (Å²) in [6.07, 6.45) is 0.784. The van der Waals surface area contributed by atoms with Crippen LogP contribution in [0.2, 0.25) is 0 Å². The number of methoxy groups -OCH3 is 2. The van der Waals surface area contributed by atoms with Crippen LogP contribution in [0.25, 0.3) is 0 Å². The second-order valence-electron chi connectivity index (χ2n) is 7.01. The first kappa shape index (κ1) is 16.8. The van der Waals surface area contributed by atoms with Crippen LogP contribution in [0.1, 0.15) is 37.4 Å². The molecule has 2 atom stereocenters. The lowest BCUT2D eigenvalue weighted by Gasteiger charge is -2.39. The Balaban J connectivity index is 1.72. The number of hydrogen-bond acceptors (Lipinski definition) is 5. The van der Waals surface area contributed by atoms with E-state index in [1.807, 2.05) is 24.3 Å². The van der Waals surface area contributed by atoms with Crippen molar-refractivity contribution >= 4 is 5.71 Å². The molecule has 136 valence electrons. The third-order valence-corrected chi connectivity index (χ3v) is 5.02. The number of hydrazone groups is 1. The van der Waals surface area contributed by atoms with E-state index in [9.17, 15) is 0 Å². The van der Waals surface area contributed by atoms with Gasteiger partial charge in [0.2, 0.25) is 0 Å². The van der Waals surface area contributed by atoms with Crippen LogP contribution in [-0.2, 0) is 0 Å². The highest BCUT2D eigenvalue weighted by Crippen LogP contribution is 2.44. The van der Waals surface area contributed by atoms with Crippen molar-refractivity contribution in [3.05, 3.63) is 53.6 Å². The lowest BCUT2D eigenvalue weighted by Crippen LogP contribution is -2.43. The van der Waals surface area contributed by atoms with Crippen LogP contribution in [-0.4, -0.2) is 31.2 Å². The van der Waals surface area contributed by atoms with Gasteiger partial charge in [-0.2, -0.15) is 5.10 Å². The number of hydrogen-bond donors (Lipinski definition) is 0. The van der Waals surface area contributed by atoms with Crippen LogP contribution in [0.3, 0.4) is 0 Å². The monoisotopic (exact) mass is 352 g/mol. The third kappa shape index (κ3) is 2.68. The highest BCUT2D eigenvalue weighted by atomic mass is 16.5. The molecule has 0 amide bonds. The Kier molecular flexibility index (Phi) is 4.23. The van der Waals surface area contributed by atoms with Gasteiger partial charge in [0.05, 0.1) is 26.0 Å². The van der Waals surface area contributed by atoms with Gasteiger partial charge in [-0.3, -0.25) is 0 Å². The largest absolute Gasteiger partial charge is 0.493 e. The Bertz CT molecular complexity index is 847. The summed E-state index contributed by atoms with van der Waals surface area (Å²) in [5.74, 6) is 2.74. The van der Waals surface area contributed by atoms with Crippen LogP contribution in [0.15, 0.2) is 47.6 Å². The average Bonchev–Trinajstić information content (AvgIpc) is 3.12. The highest BCUT2D eigenvalue weighted by Gasteiger charge is 2.41. The van der Waals surface area contributed by atoms with E-state index in [0.717, 1.165) is 34.9 Å². The van der Waals surface area contributed by atoms with Crippen LogP contribution < -0.4 is 14.2 Å². The molecule has 0 aliphatic carbocycles. The molecule has 5 nitrogen and oxygen atoms in total. The van der Waals surface area contributed by atoms with Gasteiger partial charge in [-0.25, -0.2) is 5.01 Å². The number of fused-ring (bicyclic) bond motifs is 3. The Morgan fingerprint density at radius 2 is 1.85 bits per heavy atom. The van der Waals surface area contributed by atoms with Gasteiger partial charge in [-0.15, -0.1) is 0 Å². The molecule has 0 saturated heterocycles. The minimum absolute atomic E-state index is 0.0625. The second-order valence-corrected chi connectivity index (χ2v) is 7.01. The summed E-state index contributed by atoms with van der Waals surface area (Å²) in [7, 11) is 3.30. The van der Waals surface area contributed by atoms with Crippen molar-refractivity contribution in [2.24, 2.45) is 11.0 Å². The zero-order valence-corrected chi connectivity index (χ0v) is 15.6. The number of para-hydroxylation sites is 1. The smallest absolute Gasteiger partial charge is 0.190 e. The zero-order chi connectivity index (χ0) is 18.3. The van der Waals surface area contributed by atoms with Gasteiger partial charge in [0.1, 0.15) is 5.75 Å². The van der Waals surface area contributed by atoms with E-state index < -0.39 is 0 Å². The van der Waals surface area contributed by atoms with Gasteiger partial charge < -0.3 is 14.2 Å². The fourth-order valence-corrected chi connectivity index (χ4v) is 3.69. The molecule has 4 rings (SSSR count). The Morgan fingerprint density at radius 1 is 1.08 bits per heavy atom. The molecule has 2 aliphatic rings. The van der Waals surface area contributed by atoms with E-state index in [-0.39, 0.29) is 12.3 Å². The predicted octanol–water partition coefficient (Wildman–Crippen LogP) is 4.23. The molecule has 0 radical (unpaired) electrons. The molecule has 2 heterocycles. The van der Waals surface area contributed by atoms with Crippen molar-refractivity contribution in [2.45, 2.75) is 32.5 Å². The molecular weight excluding hydrogens is 328 g/mol. The average molecular weight is 352 g/mol. The van der Waals surface area contributed by atoms with Crippen LogP contribution >= 0.6 is 0 Å². The quantitative estimate of drug-likeness (QED) is 0.826. The second kappa shape index (κ2) is 6.56. The SMILES string of the molecule is COc1ccc(C2=NN3[C@@H](C2)c2ccccc2O[C@H]3C(C)C)cc1OC. The van der Waals surface area contributed by atoms with Crippen molar-refractivity contribution < 1.29 is 14.2 Å². The minimum Gasteiger partial charge on any atom is -0.493 e. The number of rotatable bonds is 4. The fourth-order valence-electron chi connectivity index (χ4n) is 3.69. The lowest BCUT2D eigenvalue weighted by atomic mass is 9.95. The molecule has 2 aromatic carbocycles. The standard InChI is InChI=1S/C21H24N2O3/c1-13(2)21-23-17(15-7-5-6-8-18(15)26-21)12-16(22-23)14-9-10-19(24-3)20(11-14)25-4/h5-11,13,17,21H,12H2,1-4H3/t17-,21-/m0/s1. The van der Waals surface area contributed by atoms with Gasteiger partial charge in [-0.1, -0.05) is 32.0 Å². The van der Waals surface area contributed by atoms with Crippen molar-refractivity contribution in [1.82, 2.24) is 5.01 Å². The Labute approximate surface area is 154 Å². The van der Waals surface area contributed by atoms with Gasteiger partial charge in [0, 0.05) is 23.5 Å². The molecule has 0 fully saturated rings. The van der Waals surface area contributed by atoms with Crippen molar-refractivity contribution in [3.63, 3.8) is 0 Å². The number of benzene rings is 2. The molecular formula is C21H24N2O3. The first-order valence-corrected chi connectivity index (χ1v) is 8.96. The molecule has 0 bridgehead atoms. The lowest BCUT2D eigenvalue weighted by molar-refractivity contribution is -0.0461. The van der Waals surface area contributed by atoms with Crippen LogP contribution in [0.4, 0.5) is 0 Å². The summed E-state index contributed by atoms with van der Waals surface area (Å²) in [5.41, 5.74) is 3.29.